The van der Waals surface area contributed by atoms with E-state index >= 15 is 0 Å². The minimum absolute atomic E-state index is 0.280. The van der Waals surface area contributed by atoms with Crippen LogP contribution in [0.4, 0.5) is 0 Å². The van der Waals surface area contributed by atoms with Crippen LogP contribution in [0.1, 0.15) is 27.8 Å². The Morgan fingerprint density at radius 3 is 2.60 bits per heavy atom. The van der Waals surface area contributed by atoms with Crippen molar-refractivity contribution in [3.63, 3.8) is 0 Å². The second-order valence-corrected chi connectivity index (χ2v) is 5.67. The summed E-state index contributed by atoms with van der Waals surface area (Å²) < 4.78 is 6.38. The molecule has 0 radical (unpaired) electrons. The van der Waals surface area contributed by atoms with Crippen LogP contribution in [0.5, 0.6) is 0 Å². The highest BCUT2D eigenvalue weighted by Gasteiger charge is 2.23. The first kappa shape index (κ1) is 17.1. The third kappa shape index (κ3) is 3.38. The van der Waals surface area contributed by atoms with Gasteiger partial charge in [-0.25, -0.2) is 4.79 Å². The van der Waals surface area contributed by atoms with Crippen molar-refractivity contribution in [3.05, 3.63) is 70.5 Å². The van der Waals surface area contributed by atoms with Gasteiger partial charge in [0.25, 0.3) is 0 Å². The molecule has 3 rings (SSSR count). The number of benzene rings is 2. The molecule has 0 saturated heterocycles. The van der Waals surface area contributed by atoms with Crippen LogP contribution in [0.3, 0.4) is 0 Å². The second kappa shape index (κ2) is 7.42. The summed E-state index contributed by atoms with van der Waals surface area (Å²) in [7, 11) is 3.15. The summed E-state index contributed by atoms with van der Waals surface area (Å²) >= 11 is 5.97. The fourth-order valence-corrected chi connectivity index (χ4v) is 2.71. The molecular formula is C17H16ClN5O2. The van der Waals surface area contributed by atoms with Crippen molar-refractivity contribution in [2.45, 2.75) is 6.04 Å². The van der Waals surface area contributed by atoms with E-state index in [-0.39, 0.29) is 6.04 Å². The Balaban J connectivity index is 2.09. The van der Waals surface area contributed by atoms with Gasteiger partial charge >= 0.3 is 5.97 Å². The first-order valence-electron chi connectivity index (χ1n) is 7.54. The van der Waals surface area contributed by atoms with Crippen LogP contribution in [0, 0.1) is 0 Å². The first-order valence-corrected chi connectivity index (χ1v) is 7.92. The van der Waals surface area contributed by atoms with Crippen LogP contribution in [-0.4, -0.2) is 40.3 Å². The molecule has 1 aromatic heterocycles. The van der Waals surface area contributed by atoms with E-state index in [0.29, 0.717) is 22.1 Å². The molecule has 1 atom stereocenters. The van der Waals surface area contributed by atoms with Crippen molar-refractivity contribution in [1.29, 1.82) is 0 Å². The Kier molecular flexibility index (Phi) is 5.06. The summed E-state index contributed by atoms with van der Waals surface area (Å²) in [6, 6.07) is 14.1. The maximum Gasteiger partial charge on any atom is 0.340 e. The fraction of sp³-hybridized carbons (Fsp3) is 0.176. The number of carbonyl (C=O) groups excluding carboxylic acids is 1. The zero-order chi connectivity index (χ0) is 17.8. The van der Waals surface area contributed by atoms with Crippen LogP contribution < -0.4 is 5.32 Å². The molecule has 2 aromatic carbocycles. The number of ether oxygens (including phenoxy) is 1. The van der Waals surface area contributed by atoms with E-state index in [0.717, 1.165) is 5.56 Å². The van der Waals surface area contributed by atoms with Crippen molar-refractivity contribution >= 4 is 17.6 Å². The van der Waals surface area contributed by atoms with Gasteiger partial charge in [-0.3, -0.25) is 0 Å². The lowest BCUT2D eigenvalue weighted by Gasteiger charge is -2.17. The van der Waals surface area contributed by atoms with Gasteiger partial charge in [-0.2, -0.15) is 4.68 Å². The number of hydrogen-bond acceptors (Lipinski definition) is 6. The van der Waals surface area contributed by atoms with Gasteiger partial charge in [0.2, 0.25) is 0 Å². The Bertz CT molecular complexity index is 879. The summed E-state index contributed by atoms with van der Waals surface area (Å²) in [5, 5.41) is 15.8. The van der Waals surface area contributed by atoms with E-state index in [9.17, 15) is 4.79 Å². The number of aromatic nitrogens is 4. The molecule has 0 bridgehead atoms. The highest BCUT2D eigenvalue weighted by atomic mass is 35.5. The van der Waals surface area contributed by atoms with Crippen molar-refractivity contribution in [2.24, 2.45) is 0 Å². The van der Waals surface area contributed by atoms with Gasteiger partial charge in [-0.1, -0.05) is 35.9 Å². The molecule has 3 aromatic rings. The highest BCUT2D eigenvalue weighted by molar-refractivity contribution is 6.30. The molecular weight excluding hydrogens is 342 g/mol. The Morgan fingerprint density at radius 2 is 1.92 bits per heavy atom. The summed E-state index contributed by atoms with van der Waals surface area (Å²) in [6.45, 7) is 0. The normalized spacial score (nSPS) is 12.0. The molecule has 1 N–H and O–H groups in total. The summed E-state index contributed by atoms with van der Waals surface area (Å²) in [5.74, 6) is 0.0886. The molecule has 0 unspecified atom stereocenters. The fourth-order valence-electron chi connectivity index (χ4n) is 2.59. The van der Waals surface area contributed by atoms with Gasteiger partial charge in [0.1, 0.15) is 0 Å². The van der Waals surface area contributed by atoms with Gasteiger partial charge < -0.3 is 10.1 Å². The number of methoxy groups -OCH3 is 1. The first-order chi connectivity index (χ1) is 12.2. The Hall–Kier alpha value is -2.77. The molecule has 7 nitrogen and oxygen atoms in total. The monoisotopic (exact) mass is 357 g/mol. The van der Waals surface area contributed by atoms with Crippen molar-refractivity contribution in [3.8, 4) is 5.69 Å². The molecule has 0 spiro atoms. The van der Waals surface area contributed by atoms with E-state index in [1.54, 1.807) is 30.3 Å². The minimum atomic E-state index is -0.454. The van der Waals surface area contributed by atoms with Crippen LogP contribution in [-0.2, 0) is 4.74 Å². The molecule has 1 heterocycles. The van der Waals surface area contributed by atoms with Crippen molar-refractivity contribution in [1.82, 2.24) is 25.5 Å². The third-order valence-electron chi connectivity index (χ3n) is 3.78. The molecule has 25 heavy (non-hydrogen) atoms. The van der Waals surface area contributed by atoms with Gasteiger partial charge in [-0.15, -0.1) is 5.10 Å². The van der Waals surface area contributed by atoms with Crippen LogP contribution in [0.2, 0.25) is 5.02 Å². The van der Waals surface area contributed by atoms with Gasteiger partial charge in [-0.05, 0) is 47.3 Å². The zero-order valence-corrected chi connectivity index (χ0v) is 14.4. The molecule has 8 heteroatoms. The topological polar surface area (TPSA) is 81.9 Å². The number of carbonyl (C=O) groups is 1. The highest BCUT2D eigenvalue weighted by Crippen LogP contribution is 2.24. The van der Waals surface area contributed by atoms with E-state index < -0.39 is 5.97 Å². The standard InChI is InChI=1S/C17H16ClN5O2/c1-19-15(11-7-9-12(18)10-8-11)16-20-21-22-23(16)14-6-4-3-5-13(14)17(24)25-2/h3-10,15,19H,1-2H3/t15-/m0/s1. The molecule has 0 aliphatic carbocycles. The van der Waals surface area contributed by atoms with E-state index in [1.165, 1.54) is 11.8 Å². The van der Waals surface area contributed by atoms with Crippen molar-refractivity contribution in [2.75, 3.05) is 14.2 Å². The summed E-state index contributed by atoms with van der Waals surface area (Å²) in [5.41, 5.74) is 1.87. The zero-order valence-electron chi connectivity index (χ0n) is 13.7. The lowest BCUT2D eigenvalue weighted by Crippen LogP contribution is -2.23. The maximum atomic E-state index is 12.1. The Labute approximate surface area is 149 Å². The van der Waals surface area contributed by atoms with Crippen molar-refractivity contribution < 1.29 is 9.53 Å². The maximum absolute atomic E-state index is 12.1. The van der Waals surface area contributed by atoms with Gasteiger partial charge in [0.15, 0.2) is 5.82 Å². The predicted octanol–water partition coefficient (Wildman–Crippen LogP) is 2.41. The average Bonchev–Trinajstić information content (AvgIpc) is 3.12. The van der Waals surface area contributed by atoms with Crippen LogP contribution >= 0.6 is 11.6 Å². The van der Waals surface area contributed by atoms with Crippen LogP contribution in [0.15, 0.2) is 48.5 Å². The molecule has 0 fully saturated rings. The van der Waals surface area contributed by atoms with Crippen LogP contribution in [0.25, 0.3) is 5.69 Å². The quantitative estimate of drug-likeness (QED) is 0.706. The Morgan fingerprint density at radius 1 is 1.20 bits per heavy atom. The van der Waals surface area contributed by atoms with E-state index in [4.69, 9.17) is 16.3 Å². The summed E-state index contributed by atoms with van der Waals surface area (Å²) in [4.78, 5) is 12.1. The number of tetrazole rings is 1. The van der Waals surface area contributed by atoms with Gasteiger partial charge in [0.05, 0.1) is 24.4 Å². The smallest absolute Gasteiger partial charge is 0.340 e. The molecule has 128 valence electrons. The lowest BCUT2D eigenvalue weighted by atomic mass is 10.1. The molecule has 0 saturated carbocycles. The molecule has 0 amide bonds. The SMILES string of the molecule is CN[C@@H](c1ccc(Cl)cc1)c1nnnn1-c1ccccc1C(=O)OC. The third-order valence-corrected chi connectivity index (χ3v) is 4.03. The number of para-hydroxylation sites is 1. The number of rotatable bonds is 5. The van der Waals surface area contributed by atoms with E-state index in [2.05, 4.69) is 20.8 Å². The lowest BCUT2D eigenvalue weighted by molar-refractivity contribution is 0.0600. The predicted molar refractivity (Wildman–Crippen MR) is 92.8 cm³/mol. The number of halogens is 1. The van der Waals surface area contributed by atoms with Gasteiger partial charge in [0, 0.05) is 5.02 Å². The molecule has 0 aliphatic heterocycles. The minimum Gasteiger partial charge on any atom is -0.465 e. The summed E-state index contributed by atoms with van der Waals surface area (Å²) in [6.07, 6.45) is 0. The van der Waals surface area contributed by atoms with E-state index in [1.807, 2.05) is 25.2 Å². The number of hydrogen-bond donors (Lipinski definition) is 1. The number of esters is 1. The largest absolute Gasteiger partial charge is 0.465 e. The number of nitrogens with one attached hydrogen (secondary N) is 1. The molecule has 0 aliphatic rings. The number of nitrogens with zero attached hydrogens (tertiary/aromatic N) is 4. The second-order valence-electron chi connectivity index (χ2n) is 5.23. The average molecular weight is 358 g/mol.